The van der Waals surface area contributed by atoms with E-state index in [0.29, 0.717) is 35.0 Å². The number of amides is 1. The van der Waals surface area contributed by atoms with E-state index in [0.717, 1.165) is 51.4 Å². The number of fused-ring (bicyclic) bond motifs is 2. The second-order valence-electron chi connectivity index (χ2n) is 10.4. The zero-order chi connectivity index (χ0) is 26.2. The summed E-state index contributed by atoms with van der Waals surface area (Å²) in [7, 11) is -3.45. The lowest BCUT2D eigenvalue weighted by Crippen LogP contribution is -2.54. The molecule has 9 nitrogen and oxygen atoms in total. The molecular formula is C27H32N4O5S. The molecule has 0 unspecified atom stereocenters. The predicted octanol–water partition coefficient (Wildman–Crippen LogP) is 2.25. The number of carbonyl (C=O) groups excluding carboxylic acids is 1. The number of hydrogen-bond acceptors (Lipinski definition) is 7. The summed E-state index contributed by atoms with van der Waals surface area (Å²) >= 11 is 0. The number of nitrogens with one attached hydrogen (secondary N) is 2. The fraction of sp³-hybridized carbons (Fsp3) is 0.481. The van der Waals surface area contributed by atoms with Gasteiger partial charge >= 0.3 is 0 Å². The molecule has 2 aromatic rings. The van der Waals surface area contributed by atoms with E-state index in [1.165, 1.54) is 11.1 Å². The summed E-state index contributed by atoms with van der Waals surface area (Å²) in [5.74, 6) is 0.147. The Labute approximate surface area is 217 Å². The van der Waals surface area contributed by atoms with Gasteiger partial charge in [0.05, 0.1) is 23.9 Å². The minimum absolute atomic E-state index is 0.396. The monoisotopic (exact) mass is 524 g/mol. The number of ether oxygens (including phenoxy) is 1. The van der Waals surface area contributed by atoms with Crippen molar-refractivity contribution in [3.8, 4) is 11.8 Å². The molecule has 2 heterocycles. The summed E-state index contributed by atoms with van der Waals surface area (Å²) in [6.07, 6.45) is 6.25. The Balaban J connectivity index is 1.31. The lowest BCUT2D eigenvalue weighted by Gasteiger charge is -2.49. The van der Waals surface area contributed by atoms with Gasteiger partial charge in [-0.15, -0.1) is 0 Å². The van der Waals surface area contributed by atoms with Gasteiger partial charge in [-0.3, -0.25) is 14.4 Å². The maximum atomic E-state index is 12.1. The molecule has 1 spiro atoms. The number of anilines is 1. The normalized spacial score (nSPS) is 22.7. The highest BCUT2D eigenvalue weighted by atomic mass is 32.2. The van der Waals surface area contributed by atoms with Gasteiger partial charge in [-0.05, 0) is 73.6 Å². The highest BCUT2D eigenvalue weighted by Gasteiger charge is 2.45. The number of carbonyl (C=O) groups is 1. The van der Waals surface area contributed by atoms with Crippen LogP contribution in [0.15, 0.2) is 36.4 Å². The average Bonchev–Trinajstić information content (AvgIpc) is 2.88. The van der Waals surface area contributed by atoms with Gasteiger partial charge in [0, 0.05) is 36.8 Å². The lowest BCUT2D eigenvalue weighted by atomic mass is 9.79. The van der Waals surface area contributed by atoms with Gasteiger partial charge in [0.1, 0.15) is 18.0 Å². The maximum Gasteiger partial charge on any atom is 0.246 e. The number of nitriles is 1. The van der Waals surface area contributed by atoms with E-state index < -0.39 is 34.2 Å². The van der Waals surface area contributed by atoms with Gasteiger partial charge < -0.3 is 15.2 Å². The molecule has 5 rings (SSSR count). The Morgan fingerprint density at radius 2 is 2.00 bits per heavy atom. The quantitative estimate of drug-likeness (QED) is 0.547. The SMILES string of the molecule is CS(=O)(=O)Nc1ccc2c(c1)[C@@H](NC(=O)CO)CC1(CCN([C@@H]3CCc4cc(C#N)ccc4C3)CC1)O2. The lowest BCUT2D eigenvalue weighted by molar-refractivity contribution is -0.125. The topological polar surface area (TPSA) is 132 Å². The van der Waals surface area contributed by atoms with Crippen LogP contribution in [0.4, 0.5) is 5.69 Å². The summed E-state index contributed by atoms with van der Waals surface area (Å²) in [6, 6.07) is 13.4. The fourth-order valence-electron chi connectivity index (χ4n) is 6.04. The van der Waals surface area contributed by atoms with Crippen LogP contribution in [0.5, 0.6) is 5.75 Å². The minimum atomic E-state index is -3.45. The number of aliphatic hydroxyl groups is 1. The number of aryl methyl sites for hydroxylation is 1. The van der Waals surface area contributed by atoms with Crippen molar-refractivity contribution < 1.29 is 23.1 Å². The standard InChI is InChI=1S/C27H32N4O5S/c1-37(34,35)30-21-5-7-25-23(14-21)24(29-26(33)17-32)15-27(36-25)8-10-31(11-9-27)22-6-4-19-12-18(16-28)2-3-20(19)13-22/h2-3,5,7,12,14,22,24,30,32H,4,6,8-11,13,15,17H2,1H3,(H,29,33)/t22-,24+/m1/s1. The molecule has 2 atom stereocenters. The van der Waals surface area contributed by atoms with E-state index in [1.807, 2.05) is 12.1 Å². The molecule has 196 valence electrons. The van der Waals surface area contributed by atoms with Gasteiger partial charge in [0.15, 0.2) is 0 Å². The molecule has 0 radical (unpaired) electrons. The van der Waals surface area contributed by atoms with Gasteiger partial charge in [-0.2, -0.15) is 5.26 Å². The highest BCUT2D eigenvalue weighted by molar-refractivity contribution is 7.92. The van der Waals surface area contributed by atoms with Crippen LogP contribution in [-0.2, 0) is 27.7 Å². The number of aliphatic hydroxyl groups excluding tert-OH is 1. The third-order valence-electron chi connectivity index (χ3n) is 7.83. The first-order chi connectivity index (χ1) is 17.7. The number of likely N-dealkylation sites (tertiary alicyclic amines) is 1. The number of hydrogen-bond donors (Lipinski definition) is 3. The smallest absolute Gasteiger partial charge is 0.246 e. The number of sulfonamides is 1. The summed E-state index contributed by atoms with van der Waals surface area (Å²) in [6.45, 7) is 1.13. The molecule has 2 aliphatic heterocycles. The van der Waals surface area contributed by atoms with Gasteiger partial charge in [-0.25, -0.2) is 8.42 Å². The first-order valence-corrected chi connectivity index (χ1v) is 14.5. The Kier molecular flexibility index (Phi) is 6.88. The van der Waals surface area contributed by atoms with E-state index in [4.69, 9.17) is 4.74 Å². The van der Waals surface area contributed by atoms with Crippen LogP contribution in [0.2, 0.25) is 0 Å². The molecule has 1 amide bonds. The van der Waals surface area contributed by atoms with Gasteiger partial charge in [0.2, 0.25) is 15.9 Å². The Hall–Kier alpha value is -3.13. The van der Waals surface area contributed by atoms with Crippen LogP contribution in [0.3, 0.4) is 0 Å². The highest BCUT2D eigenvalue weighted by Crippen LogP contribution is 2.45. The Morgan fingerprint density at radius 3 is 2.70 bits per heavy atom. The van der Waals surface area contributed by atoms with Crippen molar-refractivity contribution in [2.45, 2.75) is 56.2 Å². The van der Waals surface area contributed by atoms with Gasteiger partial charge in [0.25, 0.3) is 0 Å². The number of rotatable bonds is 5. The Bertz CT molecular complexity index is 1350. The summed E-state index contributed by atoms with van der Waals surface area (Å²) in [4.78, 5) is 14.7. The summed E-state index contributed by atoms with van der Waals surface area (Å²) in [5.41, 5.74) is 3.97. The van der Waals surface area contributed by atoms with Crippen molar-refractivity contribution in [3.63, 3.8) is 0 Å². The number of nitrogens with zero attached hydrogens (tertiary/aromatic N) is 2. The van der Waals surface area contributed by atoms with E-state index in [1.54, 1.807) is 18.2 Å². The van der Waals surface area contributed by atoms with Crippen LogP contribution in [-0.4, -0.2) is 61.9 Å². The van der Waals surface area contributed by atoms with Crippen LogP contribution in [0.1, 0.15) is 54.0 Å². The van der Waals surface area contributed by atoms with Crippen molar-refractivity contribution in [2.24, 2.45) is 0 Å². The van der Waals surface area contributed by atoms with Crippen molar-refractivity contribution in [1.82, 2.24) is 10.2 Å². The zero-order valence-electron chi connectivity index (χ0n) is 20.9. The largest absolute Gasteiger partial charge is 0.487 e. The Morgan fingerprint density at radius 1 is 1.22 bits per heavy atom. The molecule has 0 aromatic heterocycles. The molecule has 1 fully saturated rings. The van der Waals surface area contributed by atoms with Crippen LogP contribution in [0.25, 0.3) is 0 Å². The third-order valence-corrected chi connectivity index (χ3v) is 8.44. The van der Waals surface area contributed by atoms with Gasteiger partial charge in [-0.1, -0.05) is 6.07 Å². The van der Waals surface area contributed by atoms with Crippen LogP contribution < -0.4 is 14.8 Å². The van der Waals surface area contributed by atoms with Crippen molar-refractivity contribution in [3.05, 3.63) is 58.7 Å². The molecular weight excluding hydrogens is 492 g/mol. The second kappa shape index (κ2) is 9.97. The number of benzene rings is 2. The summed E-state index contributed by atoms with van der Waals surface area (Å²) < 4.78 is 32.5. The van der Waals surface area contributed by atoms with E-state index in [-0.39, 0.29) is 0 Å². The summed E-state index contributed by atoms with van der Waals surface area (Å²) in [5, 5.41) is 21.4. The third kappa shape index (κ3) is 5.59. The van der Waals surface area contributed by atoms with Crippen molar-refractivity contribution >= 4 is 21.6 Å². The van der Waals surface area contributed by atoms with Crippen molar-refractivity contribution in [2.75, 3.05) is 30.7 Å². The van der Waals surface area contributed by atoms with E-state index in [9.17, 15) is 23.6 Å². The molecule has 1 aliphatic carbocycles. The molecule has 37 heavy (non-hydrogen) atoms. The second-order valence-corrected chi connectivity index (χ2v) is 12.2. The van der Waals surface area contributed by atoms with Crippen LogP contribution in [0, 0.1) is 11.3 Å². The predicted molar refractivity (Wildman–Crippen MR) is 139 cm³/mol. The molecule has 0 bridgehead atoms. The molecule has 10 heteroatoms. The van der Waals surface area contributed by atoms with E-state index >= 15 is 0 Å². The maximum absolute atomic E-state index is 12.1. The molecule has 3 N–H and O–H groups in total. The zero-order valence-corrected chi connectivity index (χ0v) is 21.7. The average molecular weight is 525 g/mol. The molecule has 1 saturated heterocycles. The first kappa shape index (κ1) is 25.5. The van der Waals surface area contributed by atoms with E-state index in [2.05, 4.69) is 27.1 Å². The molecule has 2 aromatic carbocycles. The van der Waals surface area contributed by atoms with Crippen molar-refractivity contribution in [1.29, 1.82) is 5.26 Å². The molecule has 3 aliphatic rings. The fourth-order valence-corrected chi connectivity index (χ4v) is 6.59. The number of piperidine rings is 1. The first-order valence-electron chi connectivity index (χ1n) is 12.6. The van der Waals surface area contributed by atoms with Crippen LogP contribution >= 0.6 is 0 Å². The molecule has 0 saturated carbocycles. The minimum Gasteiger partial charge on any atom is -0.487 e.